The zero-order valence-electron chi connectivity index (χ0n) is 7.53. The van der Waals surface area contributed by atoms with Crippen LogP contribution in [0.25, 0.3) is 10.2 Å². The van der Waals surface area contributed by atoms with Gasteiger partial charge in [-0.3, -0.25) is 0 Å². The topological polar surface area (TPSA) is 3.88 Å². The molecule has 1 aromatic heterocycles. The van der Waals surface area contributed by atoms with Crippen LogP contribution < -0.4 is 28.5 Å². The minimum atomic E-state index is 0. The molecule has 0 spiro atoms. The predicted octanol–water partition coefficient (Wildman–Crippen LogP) is -0.397. The Kier molecular flexibility index (Phi) is 4.12. The van der Waals surface area contributed by atoms with E-state index in [4.69, 9.17) is 0 Å². The number of para-hydroxylation sites is 1. The maximum atomic E-state index is 2.32. The van der Waals surface area contributed by atoms with Crippen LogP contribution in [0.3, 0.4) is 0 Å². The number of rotatable bonds is 2. The molecule has 1 aromatic carbocycles. The Balaban J connectivity index is 0.000000845. The molecule has 2 rings (SSSR count). The first kappa shape index (κ1) is 10.9. The van der Waals surface area contributed by atoms with E-state index in [0.29, 0.717) is 0 Å². The lowest BCUT2D eigenvalue weighted by Gasteiger charge is -1.88. The van der Waals surface area contributed by atoms with Crippen LogP contribution in [0.5, 0.6) is 0 Å². The summed E-state index contributed by atoms with van der Waals surface area (Å²) in [5, 5.41) is 0. The van der Waals surface area contributed by atoms with E-state index in [1.54, 1.807) is 0 Å². The zero-order valence-corrected chi connectivity index (χ0v) is 10.5. The minimum absolute atomic E-state index is 0. The molecule has 1 heterocycles. The third kappa shape index (κ3) is 2.20. The molecule has 0 aliphatic rings. The van der Waals surface area contributed by atoms with E-state index < -0.39 is 0 Å². The molecule has 0 aliphatic heterocycles. The number of hydrogen-bond donors (Lipinski definition) is 0. The SMILES string of the molecule is CCC[n+]1csc2ccccc21.[I-]. The van der Waals surface area contributed by atoms with Crippen LogP contribution in [0.1, 0.15) is 13.3 Å². The van der Waals surface area contributed by atoms with Crippen molar-refractivity contribution in [3.63, 3.8) is 0 Å². The molecule has 3 heteroatoms. The highest BCUT2D eigenvalue weighted by Crippen LogP contribution is 2.14. The molecule has 2 aromatic rings. The van der Waals surface area contributed by atoms with Crippen molar-refractivity contribution in [2.24, 2.45) is 0 Å². The quantitative estimate of drug-likeness (QED) is 0.525. The van der Waals surface area contributed by atoms with E-state index in [-0.39, 0.29) is 24.0 Å². The van der Waals surface area contributed by atoms with E-state index in [0.717, 1.165) is 6.54 Å². The number of thiazole rings is 1. The lowest BCUT2D eigenvalue weighted by atomic mass is 10.3. The van der Waals surface area contributed by atoms with Gasteiger partial charge in [0.1, 0.15) is 11.2 Å². The summed E-state index contributed by atoms with van der Waals surface area (Å²) in [5.74, 6) is 0. The summed E-state index contributed by atoms with van der Waals surface area (Å²) >= 11 is 1.82. The molecule has 0 N–H and O–H groups in total. The summed E-state index contributed by atoms with van der Waals surface area (Å²) in [6.07, 6.45) is 1.20. The van der Waals surface area contributed by atoms with Gasteiger partial charge >= 0.3 is 0 Å². The molecule has 1 nitrogen and oxygen atoms in total. The van der Waals surface area contributed by atoms with E-state index in [9.17, 15) is 0 Å². The van der Waals surface area contributed by atoms with Gasteiger partial charge in [0.25, 0.3) is 0 Å². The van der Waals surface area contributed by atoms with Gasteiger partial charge in [0, 0.05) is 12.5 Å². The first-order valence-corrected chi connectivity index (χ1v) is 5.15. The van der Waals surface area contributed by atoms with Crippen LogP contribution in [0.4, 0.5) is 0 Å². The molecule has 0 saturated carbocycles. The third-order valence-corrected chi connectivity index (χ3v) is 2.91. The number of aryl methyl sites for hydroxylation is 1. The highest BCUT2D eigenvalue weighted by molar-refractivity contribution is 7.16. The van der Waals surface area contributed by atoms with Gasteiger partial charge in [0.05, 0.1) is 0 Å². The number of fused-ring (bicyclic) bond motifs is 1. The van der Waals surface area contributed by atoms with E-state index in [2.05, 4.69) is 41.3 Å². The molecule has 0 radical (unpaired) electrons. The summed E-state index contributed by atoms with van der Waals surface area (Å²) in [6, 6.07) is 8.55. The Bertz CT molecular complexity index is 383. The minimum Gasteiger partial charge on any atom is -1.00 e. The van der Waals surface area contributed by atoms with E-state index in [1.807, 2.05) is 11.3 Å². The maximum Gasteiger partial charge on any atom is 0.225 e. The highest BCUT2D eigenvalue weighted by Gasteiger charge is 2.08. The van der Waals surface area contributed by atoms with Crippen molar-refractivity contribution in [2.75, 3.05) is 0 Å². The summed E-state index contributed by atoms with van der Waals surface area (Å²) < 4.78 is 3.70. The van der Waals surface area contributed by atoms with Gasteiger partial charge < -0.3 is 24.0 Å². The Hall–Kier alpha value is -0.160. The van der Waals surface area contributed by atoms with Gasteiger partial charge in [0.2, 0.25) is 11.0 Å². The van der Waals surface area contributed by atoms with Crippen molar-refractivity contribution >= 4 is 21.6 Å². The Labute approximate surface area is 99.4 Å². The first-order chi connectivity index (χ1) is 5.92. The van der Waals surface area contributed by atoms with Crippen molar-refractivity contribution in [1.82, 2.24) is 0 Å². The second-order valence-electron chi connectivity index (χ2n) is 2.88. The molecule has 0 amide bonds. The normalized spacial score (nSPS) is 9.92. The summed E-state index contributed by atoms with van der Waals surface area (Å²) in [5.41, 5.74) is 3.57. The molecular weight excluding hydrogens is 293 g/mol. The zero-order chi connectivity index (χ0) is 8.39. The van der Waals surface area contributed by atoms with E-state index in [1.165, 1.54) is 16.6 Å². The van der Waals surface area contributed by atoms with Gasteiger partial charge in [-0.1, -0.05) is 30.4 Å². The molecule has 0 unspecified atom stereocenters. The third-order valence-electron chi connectivity index (χ3n) is 1.95. The van der Waals surface area contributed by atoms with Crippen LogP contribution in [-0.4, -0.2) is 0 Å². The van der Waals surface area contributed by atoms with Crippen LogP contribution in [-0.2, 0) is 6.54 Å². The van der Waals surface area contributed by atoms with Crippen molar-refractivity contribution in [2.45, 2.75) is 19.9 Å². The monoisotopic (exact) mass is 305 g/mol. The average Bonchev–Trinajstić information content (AvgIpc) is 2.50. The number of hydrogen-bond acceptors (Lipinski definition) is 1. The van der Waals surface area contributed by atoms with Crippen LogP contribution in [0.2, 0.25) is 0 Å². The lowest BCUT2D eigenvalue weighted by Crippen LogP contribution is -3.00. The molecule has 13 heavy (non-hydrogen) atoms. The van der Waals surface area contributed by atoms with Crippen molar-refractivity contribution in [3.05, 3.63) is 29.8 Å². The van der Waals surface area contributed by atoms with Gasteiger partial charge in [-0.15, -0.1) is 0 Å². The fourth-order valence-electron chi connectivity index (χ4n) is 1.39. The molecule has 0 saturated heterocycles. The predicted molar refractivity (Wildman–Crippen MR) is 52.3 cm³/mol. The molecule has 0 fully saturated rings. The Morgan fingerprint density at radius 3 is 2.85 bits per heavy atom. The maximum absolute atomic E-state index is 2.32. The van der Waals surface area contributed by atoms with Gasteiger partial charge in [0.15, 0.2) is 0 Å². The van der Waals surface area contributed by atoms with Crippen molar-refractivity contribution in [1.29, 1.82) is 0 Å². The Morgan fingerprint density at radius 2 is 2.08 bits per heavy atom. The van der Waals surface area contributed by atoms with Gasteiger partial charge in [-0.2, -0.15) is 4.57 Å². The standard InChI is InChI=1S/C10H12NS.HI/c1-2-7-11-8-12-10-6-4-3-5-9(10)11;/h3-6,8H,2,7H2,1H3;1H/q+1;/p-1. The second kappa shape index (κ2) is 4.91. The van der Waals surface area contributed by atoms with Crippen molar-refractivity contribution < 1.29 is 28.5 Å². The van der Waals surface area contributed by atoms with Crippen molar-refractivity contribution in [3.8, 4) is 0 Å². The summed E-state index contributed by atoms with van der Waals surface area (Å²) in [4.78, 5) is 0. The number of halogens is 1. The van der Waals surface area contributed by atoms with Crippen LogP contribution >= 0.6 is 11.3 Å². The Morgan fingerprint density at radius 1 is 1.31 bits per heavy atom. The first-order valence-electron chi connectivity index (χ1n) is 4.27. The highest BCUT2D eigenvalue weighted by atomic mass is 127. The fraction of sp³-hybridized carbons (Fsp3) is 0.300. The number of benzene rings is 1. The largest absolute Gasteiger partial charge is 1.00 e. The summed E-state index contributed by atoms with van der Waals surface area (Å²) in [6.45, 7) is 3.34. The van der Waals surface area contributed by atoms with E-state index >= 15 is 0 Å². The molecular formula is C10H12INS. The number of aromatic nitrogens is 1. The molecule has 70 valence electrons. The molecule has 0 bridgehead atoms. The molecule has 0 aliphatic carbocycles. The smallest absolute Gasteiger partial charge is 0.225 e. The van der Waals surface area contributed by atoms with Crippen LogP contribution in [0, 0.1) is 0 Å². The summed E-state index contributed by atoms with van der Waals surface area (Å²) in [7, 11) is 0. The number of nitrogens with zero attached hydrogens (tertiary/aromatic N) is 1. The second-order valence-corrected chi connectivity index (χ2v) is 3.77. The van der Waals surface area contributed by atoms with Crippen LogP contribution in [0.15, 0.2) is 29.8 Å². The van der Waals surface area contributed by atoms with Gasteiger partial charge in [-0.25, -0.2) is 0 Å². The van der Waals surface area contributed by atoms with Gasteiger partial charge in [-0.05, 0) is 6.07 Å². The molecule has 0 atom stereocenters. The fourth-order valence-corrected chi connectivity index (χ4v) is 2.31. The average molecular weight is 305 g/mol. The lowest BCUT2D eigenvalue weighted by molar-refractivity contribution is -0.667.